The monoisotopic (exact) mass is 443 g/mol. The average Bonchev–Trinajstić information content (AvgIpc) is 2.73. The molecule has 1 atom stereocenters. The van der Waals surface area contributed by atoms with Crippen LogP contribution in [0.2, 0.25) is 5.02 Å². The number of ether oxygens (including phenoxy) is 1. The van der Waals surface area contributed by atoms with E-state index in [1.54, 1.807) is 30.3 Å². The van der Waals surface area contributed by atoms with Gasteiger partial charge in [-0.25, -0.2) is 8.42 Å². The zero-order valence-electron chi connectivity index (χ0n) is 16.6. The lowest BCUT2D eigenvalue weighted by Gasteiger charge is -2.17. The highest BCUT2D eigenvalue weighted by molar-refractivity contribution is 7.90. The van der Waals surface area contributed by atoms with Gasteiger partial charge in [0.2, 0.25) is 0 Å². The van der Waals surface area contributed by atoms with E-state index in [2.05, 4.69) is 5.32 Å². The third-order valence-corrected chi connectivity index (χ3v) is 5.94. The predicted octanol–water partition coefficient (Wildman–Crippen LogP) is 4.81. The van der Waals surface area contributed by atoms with Crippen LogP contribution in [-0.2, 0) is 16.4 Å². The quantitative estimate of drug-likeness (QED) is 0.568. The highest BCUT2D eigenvalue weighted by Crippen LogP contribution is 2.25. The van der Waals surface area contributed by atoms with Crippen molar-refractivity contribution < 1.29 is 17.9 Å². The van der Waals surface area contributed by atoms with Crippen LogP contribution in [0.15, 0.2) is 77.7 Å². The second-order valence-corrected chi connectivity index (χ2v) is 9.40. The van der Waals surface area contributed by atoms with Crippen LogP contribution in [0, 0.1) is 0 Å². The van der Waals surface area contributed by atoms with E-state index in [1.165, 1.54) is 12.1 Å². The lowest BCUT2D eigenvalue weighted by Crippen LogP contribution is -2.27. The number of halogens is 1. The molecule has 0 saturated carbocycles. The van der Waals surface area contributed by atoms with E-state index < -0.39 is 9.84 Å². The summed E-state index contributed by atoms with van der Waals surface area (Å²) in [4.78, 5) is 13.1. The van der Waals surface area contributed by atoms with Crippen LogP contribution in [0.25, 0.3) is 0 Å². The first-order valence-electron chi connectivity index (χ1n) is 9.31. The Bertz CT molecular complexity index is 1130. The molecule has 0 aromatic heterocycles. The normalized spacial score (nSPS) is 12.2. The second-order valence-electron chi connectivity index (χ2n) is 6.95. The summed E-state index contributed by atoms with van der Waals surface area (Å²) in [5, 5.41) is 3.34. The Hall–Kier alpha value is -2.83. The molecule has 1 amide bonds. The van der Waals surface area contributed by atoms with E-state index in [0.717, 1.165) is 17.4 Å². The van der Waals surface area contributed by atoms with Gasteiger partial charge in [-0.2, -0.15) is 0 Å². The molecule has 30 heavy (non-hydrogen) atoms. The van der Waals surface area contributed by atoms with Gasteiger partial charge in [-0.15, -0.1) is 0 Å². The molecule has 0 aliphatic rings. The molecule has 0 aliphatic heterocycles. The fraction of sp³-hybridized carbons (Fsp3) is 0.174. The van der Waals surface area contributed by atoms with Gasteiger partial charge in [0.05, 0.1) is 16.5 Å². The molecule has 1 unspecified atom stereocenters. The molecule has 0 aliphatic carbocycles. The summed E-state index contributed by atoms with van der Waals surface area (Å²) in [5.41, 5.74) is 2.10. The molecule has 0 spiro atoms. The zero-order chi connectivity index (χ0) is 21.7. The van der Waals surface area contributed by atoms with E-state index in [1.807, 2.05) is 37.3 Å². The molecular formula is C23H22ClNO4S. The molecule has 0 radical (unpaired) electrons. The molecule has 0 bridgehead atoms. The van der Waals surface area contributed by atoms with Crippen molar-refractivity contribution >= 4 is 27.3 Å². The highest BCUT2D eigenvalue weighted by Gasteiger charge is 2.17. The first kappa shape index (κ1) is 21.9. The molecular weight excluding hydrogens is 422 g/mol. The topological polar surface area (TPSA) is 72.5 Å². The van der Waals surface area contributed by atoms with Crippen molar-refractivity contribution in [2.24, 2.45) is 0 Å². The number of amides is 1. The van der Waals surface area contributed by atoms with Crippen LogP contribution in [-0.4, -0.2) is 20.6 Å². The van der Waals surface area contributed by atoms with E-state index in [4.69, 9.17) is 16.3 Å². The minimum absolute atomic E-state index is 0.233. The first-order chi connectivity index (χ1) is 14.2. The van der Waals surface area contributed by atoms with Gasteiger partial charge in [0.15, 0.2) is 9.84 Å². The summed E-state index contributed by atoms with van der Waals surface area (Å²) < 4.78 is 29.1. The van der Waals surface area contributed by atoms with E-state index in [0.29, 0.717) is 22.9 Å². The summed E-state index contributed by atoms with van der Waals surface area (Å²) in [5.74, 6) is 0.0978. The Labute approximate surface area is 181 Å². The van der Waals surface area contributed by atoms with Crippen molar-refractivity contribution in [3.05, 3.63) is 94.5 Å². The highest BCUT2D eigenvalue weighted by atomic mass is 35.5. The molecule has 3 aromatic rings. The first-order valence-corrected chi connectivity index (χ1v) is 11.6. The number of hydrogen-bond donors (Lipinski definition) is 1. The van der Waals surface area contributed by atoms with Gasteiger partial charge < -0.3 is 10.1 Å². The molecule has 0 saturated heterocycles. The Kier molecular flexibility index (Phi) is 6.80. The summed E-state index contributed by atoms with van der Waals surface area (Å²) in [6.45, 7) is 2.15. The fourth-order valence-electron chi connectivity index (χ4n) is 2.90. The summed E-state index contributed by atoms with van der Waals surface area (Å²) >= 11 is 6.10. The number of benzene rings is 3. The lowest BCUT2D eigenvalue weighted by atomic mass is 10.1. The molecule has 7 heteroatoms. The van der Waals surface area contributed by atoms with Crippen LogP contribution in [0.5, 0.6) is 5.75 Å². The number of carbonyl (C=O) groups excluding carboxylic acids is 1. The number of hydrogen-bond acceptors (Lipinski definition) is 4. The van der Waals surface area contributed by atoms with Gasteiger partial charge in [0.25, 0.3) is 5.91 Å². The van der Waals surface area contributed by atoms with Gasteiger partial charge in [-0.1, -0.05) is 54.1 Å². The summed E-state index contributed by atoms with van der Waals surface area (Å²) in [6, 6.07) is 20.7. The van der Waals surface area contributed by atoms with Gasteiger partial charge in [-0.05, 0) is 48.4 Å². The number of carbonyl (C=O) groups is 1. The van der Waals surface area contributed by atoms with Crippen molar-refractivity contribution in [3.63, 3.8) is 0 Å². The van der Waals surface area contributed by atoms with Gasteiger partial charge in [0.1, 0.15) is 12.4 Å². The van der Waals surface area contributed by atoms with Crippen LogP contribution in [0.1, 0.15) is 34.5 Å². The van der Waals surface area contributed by atoms with Crippen LogP contribution >= 0.6 is 11.6 Å². The summed E-state index contributed by atoms with van der Waals surface area (Å²) in [7, 11) is -3.27. The van der Waals surface area contributed by atoms with Crippen molar-refractivity contribution in [2.75, 3.05) is 6.26 Å². The van der Waals surface area contributed by atoms with Crippen molar-refractivity contribution in [3.8, 4) is 5.75 Å². The Morgan fingerprint density at radius 2 is 1.70 bits per heavy atom. The minimum atomic E-state index is -3.27. The van der Waals surface area contributed by atoms with Gasteiger partial charge >= 0.3 is 0 Å². The summed E-state index contributed by atoms with van der Waals surface area (Å²) in [6.07, 6.45) is 1.16. The molecule has 1 N–H and O–H groups in total. The SMILES string of the molecule is CC(NC(=O)c1cc(Cl)ccc1OCc1ccccc1)c1ccc(S(C)(=O)=O)cc1. The lowest BCUT2D eigenvalue weighted by molar-refractivity contribution is 0.0935. The maximum Gasteiger partial charge on any atom is 0.255 e. The number of rotatable bonds is 7. The van der Waals surface area contributed by atoms with Gasteiger partial charge in [-0.3, -0.25) is 4.79 Å². The van der Waals surface area contributed by atoms with E-state index in [-0.39, 0.29) is 16.8 Å². The third-order valence-electron chi connectivity index (χ3n) is 4.58. The standard InChI is InChI=1S/C23H22ClNO4S/c1-16(18-8-11-20(12-9-18)30(2,27)28)25-23(26)21-14-19(24)10-13-22(21)29-15-17-6-4-3-5-7-17/h3-14,16H,15H2,1-2H3,(H,25,26). The zero-order valence-corrected chi connectivity index (χ0v) is 18.2. The number of nitrogens with one attached hydrogen (secondary N) is 1. The van der Waals surface area contributed by atoms with Crippen LogP contribution in [0.4, 0.5) is 0 Å². The second kappa shape index (κ2) is 9.32. The molecule has 156 valence electrons. The van der Waals surface area contributed by atoms with Crippen LogP contribution in [0.3, 0.4) is 0 Å². The Morgan fingerprint density at radius 1 is 1.03 bits per heavy atom. The Morgan fingerprint density at radius 3 is 2.33 bits per heavy atom. The van der Waals surface area contributed by atoms with Crippen molar-refractivity contribution in [1.29, 1.82) is 0 Å². The maximum atomic E-state index is 12.9. The van der Waals surface area contributed by atoms with E-state index in [9.17, 15) is 13.2 Å². The molecule has 0 heterocycles. The van der Waals surface area contributed by atoms with Gasteiger partial charge in [0, 0.05) is 11.3 Å². The van der Waals surface area contributed by atoms with Crippen LogP contribution < -0.4 is 10.1 Å². The van der Waals surface area contributed by atoms with E-state index >= 15 is 0 Å². The fourth-order valence-corrected chi connectivity index (χ4v) is 3.70. The molecule has 5 nitrogen and oxygen atoms in total. The number of sulfone groups is 1. The molecule has 0 fully saturated rings. The minimum Gasteiger partial charge on any atom is -0.488 e. The maximum absolute atomic E-state index is 12.9. The van der Waals surface area contributed by atoms with Crippen molar-refractivity contribution in [2.45, 2.75) is 24.5 Å². The Balaban J connectivity index is 1.74. The van der Waals surface area contributed by atoms with Crippen molar-refractivity contribution in [1.82, 2.24) is 5.32 Å². The average molecular weight is 444 g/mol. The molecule has 3 rings (SSSR count). The largest absolute Gasteiger partial charge is 0.488 e. The third kappa shape index (κ3) is 5.62. The predicted molar refractivity (Wildman–Crippen MR) is 118 cm³/mol. The smallest absolute Gasteiger partial charge is 0.255 e. The molecule has 3 aromatic carbocycles.